The van der Waals surface area contributed by atoms with Crippen molar-refractivity contribution in [3.63, 3.8) is 0 Å². The van der Waals surface area contributed by atoms with Crippen molar-refractivity contribution in [3.05, 3.63) is 39.4 Å². The van der Waals surface area contributed by atoms with E-state index in [2.05, 4.69) is 21.9 Å². The Hall–Kier alpha value is -1.65. The van der Waals surface area contributed by atoms with Crippen molar-refractivity contribution in [1.82, 2.24) is 10.1 Å². The monoisotopic (exact) mass is 332 g/mol. The Morgan fingerprint density at radius 2 is 2.30 bits per heavy atom. The van der Waals surface area contributed by atoms with Crippen LogP contribution in [0.5, 0.6) is 0 Å². The molecule has 0 radical (unpaired) electrons. The first-order valence-electron chi connectivity index (χ1n) is 7.64. The van der Waals surface area contributed by atoms with Crippen molar-refractivity contribution >= 4 is 11.3 Å². The van der Waals surface area contributed by atoms with Crippen LogP contribution in [-0.4, -0.2) is 46.1 Å². The van der Waals surface area contributed by atoms with Crippen molar-refractivity contribution in [1.29, 1.82) is 0 Å². The predicted molar refractivity (Wildman–Crippen MR) is 88.0 cm³/mol. The summed E-state index contributed by atoms with van der Waals surface area (Å²) in [5.41, 5.74) is 1.81. The molecule has 1 aliphatic rings. The topological polar surface area (TPSA) is 69.7 Å². The number of nitrogens with zero attached hydrogens (tertiary/aromatic N) is 2. The summed E-state index contributed by atoms with van der Waals surface area (Å²) in [5, 5.41) is 24.9. The molecule has 0 bridgehead atoms. The first-order valence-corrected chi connectivity index (χ1v) is 8.52. The number of aliphatic hydroxyl groups excluding tert-OH is 2. The third-order valence-electron chi connectivity index (χ3n) is 3.97. The van der Waals surface area contributed by atoms with Gasteiger partial charge in [0.2, 0.25) is 0 Å². The molecule has 2 aromatic heterocycles. The molecule has 0 amide bonds. The van der Waals surface area contributed by atoms with Crippen molar-refractivity contribution in [2.45, 2.75) is 26.0 Å². The van der Waals surface area contributed by atoms with E-state index in [1.54, 1.807) is 11.3 Å². The molecule has 2 aromatic rings. The fraction of sp³-hybridized carbons (Fsp3) is 0.471. The summed E-state index contributed by atoms with van der Waals surface area (Å²) < 4.78 is 5.26. The molecule has 1 saturated heterocycles. The molecule has 2 atom stereocenters. The minimum absolute atomic E-state index is 0.119. The number of hydrogen-bond donors (Lipinski definition) is 2. The van der Waals surface area contributed by atoms with Gasteiger partial charge in [0.25, 0.3) is 0 Å². The number of β-amino-alcohol motifs (C(OH)–C–C–N with tert-alkyl or cyclic N) is 1. The van der Waals surface area contributed by atoms with E-state index in [1.807, 2.05) is 24.4 Å². The normalized spacial score (nSPS) is 21.3. The summed E-state index contributed by atoms with van der Waals surface area (Å²) in [7, 11) is 0. The maximum Gasteiger partial charge on any atom is 0.137 e. The van der Waals surface area contributed by atoms with Crippen molar-refractivity contribution in [2.75, 3.05) is 19.7 Å². The van der Waals surface area contributed by atoms with Gasteiger partial charge in [0, 0.05) is 53.9 Å². The van der Waals surface area contributed by atoms with Crippen LogP contribution < -0.4 is 0 Å². The largest absolute Gasteiger partial charge is 0.391 e. The van der Waals surface area contributed by atoms with Crippen LogP contribution in [0.2, 0.25) is 0 Å². The molecule has 2 N–H and O–H groups in total. The van der Waals surface area contributed by atoms with Gasteiger partial charge in [0.1, 0.15) is 12.4 Å². The highest BCUT2D eigenvalue weighted by Crippen LogP contribution is 2.25. The van der Waals surface area contributed by atoms with E-state index in [0.29, 0.717) is 6.54 Å². The summed E-state index contributed by atoms with van der Waals surface area (Å²) in [4.78, 5) is 3.48. The molecular weight excluding hydrogens is 312 g/mol. The van der Waals surface area contributed by atoms with Crippen molar-refractivity contribution in [2.24, 2.45) is 5.92 Å². The third-order valence-corrected chi connectivity index (χ3v) is 4.89. The van der Waals surface area contributed by atoms with Gasteiger partial charge in [-0.2, -0.15) is 0 Å². The Labute approximate surface area is 139 Å². The lowest BCUT2D eigenvalue weighted by Gasteiger charge is -2.13. The smallest absolute Gasteiger partial charge is 0.137 e. The fourth-order valence-electron chi connectivity index (χ4n) is 2.93. The zero-order chi connectivity index (χ0) is 16.2. The molecule has 1 aliphatic heterocycles. The second-order valence-corrected chi connectivity index (χ2v) is 6.92. The van der Waals surface area contributed by atoms with Gasteiger partial charge >= 0.3 is 0 Å². The Bertz CT molecular complexity index is 713. The highest BCUT2D eigenvalue weighted by atomic mass is 32.1. The quantitative estimate of drug-likeness (QED) is 0.829. The van der Waals surface area contributed by atoms with Gasteiger partial charge in [-0.05, 0) is 13.0 Å². The Balaban J connectivity index is 1.56. The Morgan fingerprint density at radius 1 is 1.43 bits per heavy atom. The van der Waals surface area contributed by atoms with Crippen LogP contribution in [0.4, 0.5) is 0 Å². The molecule has 0 aromatic carbocycles. The summed E-state index contributed by atoms with van der Waals surface area (Å²) >= 11 is 1.66. The summed E-state index contributed by atoms with van der Waals surface area (Å²) in [6.07, 6.45) is 0.380. The second kappa shape index (κ2) is 7.28. The minimum Gasteiger partial charge on any atom is -0.391 e. The van der Waals surface area contributed by atoms with E-state index in [1.165, 1.54) is 4.88 Å². The highest BCUT2D eigenvalue weighted by molar-refractivity contribution is 7.10. The van der Waals surface area contributed by atoms with Crippen molar-refractivity contribution in [3.8, 4) is 11.8 Å². The van der Waals surface area contributed by atoms with Crippen LogP contribution in [-0.2, 0) is 13.0 Å². The summed E-state index contributed by atoms with van der Waals surface area (Å²) in [5.74, 6) is 6.59. The van der Waals surface area contributed by atoms with E-state index in [9.17, 15) is 5.11 Å². The third kappa shape index (κ3) is 4.21. The van der Waals surface area contributed by atoms with Crippen LogP contribution in [0.1, 0.15) is 21.9 Å². The van der Waals surface area contributed by atoms with Gasteiger partial charge in [-0.1, -0.05) is 17.0 Å². The molecule has 3 heterocycles. The molecule has 0 saturated carbocycles. The molecule has 3 rings (SSSR count). The number of rotatable bonds is 4. The Morgan fingerprint density at radius 3 is 3.04 bits per heavy atom. The first-order chi connectivity index (χ1) is 11.1. The van der Waals surface area contributed by atoms with Crippen LogP contribution in [0.25, 0.3) is 0 Å². The highest BCUT2D eigenvalue weighted by Gasteiger charge is 2.32. The van der Waals surface area contributed by atoms with Crippen LogP contribution in [0, 0.1) is 24.7 Å². The number of likely N-dealkylation sites (tertiary alicyclic amines) is 1. The van der Waals surface area contributed by atoms with E-state index < -0.39 is 0 Å². The zero-order valence-corrected chi connectivity index (χ0v) is 13.8. The maximum absolute atomic E-state index is 10.3. The van der Waals surface area contributed by atoms with Crippen LogP contribution in [0.3, 0.4) is 0 Å². The number of aromatic nitrogens is 1. The average Bonchev–Trinajstić information content (AvgIpc) is 3.21. The number of thiophene rings is 1. The lowest BCUT2D eigenvalue weighted by molar-refractivity contribution is 0.137. The lowest BCUT2D eigenvalue weighted by Crippen LogP contribution is -2.20. The standard InChI is InChI=1S/C17H20N2O3S/c1-12-5-15(22-18-12)7-14-8-19(10-17(14)21)9-16-6-13(11-23-16)3-2-4-20/h5-6,11,14,17,20-21H,4,7-10H2,1H3/t14-,17+/m1/s1. The van der Waals surface area contributed by atoms with Gasteiger partial charge < -0.3 is 14.7 Å². The van der Waals surface area contributed by atoms with Crippen LogP contribution >= 0.6 is 11.3 Å². The average molecular weight is 332 g/mol. The molecule has 23 heavy (non-hydrogen) atoms. The van der Waals surface area contributed by atoms with Gasteiger partial charge in [-0.25, -0.2) is 0 Å². The molecule has 122 valence electrons. The number of aliphatic hydroxyl groups is 2. The van der Waals surface area contributed by atoms with Crippen LogP contribution in [0.15, 0.2) is 22.0 Å². The molecular formula is C17H20N2O3S. The molecule has 5 nitrogen and oxygen atoms in total. The van der Waals surface area contributed by atoms with E-state index in [-0.39, 0.29) is 18.6 Å². The number of hydrogen-bond acceptors (Lipinski definition) is 6. The lowest BCUT2D eigenvalue weighted by atomic mass is 10.0. The minimum atomic E-state index is -0.339. The second-order valence-electron chi connectivity index (χ2n) is 5.92. The number of aryl methyl sites for hydroxylation is 1. The predicted octanol–water partition coefficient (Wildman–Crippen LogP) is 1.42. The van der Waals surface area contributed by atoms with Crippen molar-refractivity contribution < 1.29 is 14.7 Å². The van der Waals surface area contributed by atoms with E-state index >= 15 is 0 Å². The molecule has 0 unspecified atom stereocenters. The molecule has 0 spiro atoms. The Kier molecular flexibility index (Phi) is 5.13. The first kappa shape index (κ1) is 16.2. The summed E-state index contributed by atoms with van der Waals surface area (Å²) in [6, 6.07) is 3.98. The zero-order valence-electron chi connectivity index (χ0n) is 13.0. The fourth-order valence-corrected chi connectivity index (χ4v) is 3.79. The van der Waals surface area contributed by atoms with Gasteiger partial charge in [-0.15, -0.1) is 11.3 Å². The maximum atomic E-state index is 10.3. The molecule has 0 aliphatic carbocycles. The van der Waals surface area contributed by atoms with E-state index in [4.69, 9.17) is 9.63 Å². The SMILES string of the molecule is Cc1cc(C[C@@H]2CN(Cc3cc(C#CCO)cs3)C[C@@H]2O)on1. The van der Waals surface area contributed by atoms with Gasteiger partial charge in [0.15, 0.2) is 0 Å². The van der Waals surface area contributed by atoms with Gasteiger partial charge in [0.05, 0.1) is 11.8 Å². The molecule has 1 fully saturated rings. The van der Waals surface area contributed by atoms with E-state index in [0.717, 1.165) is 36.5 Å². The van der Waals surface area contributed by atoms with Gasteiger partial charge in [-0.3, -0.25) is 4.90 Å². The molecule has 6 heteroatoms. The summed E-state index contributed by atoms with van der Waals surface area (Å²) in [6.45, 7) is 4.11.